The van der Waals surface area contributed by atoms with Crippen LogP contribution >= 0.6 is 11.3 Å². The zero-order valence-corrected chi connectivity index (χ0v) is 16.1. The minimum Gasteiger partial charge on any atom is -0.379 e. The van der Waals surface area contributed by atoms with E-state index in [2.05, 4.69) is 10.2 Å². The van der Waals surface area contributed by atoms with E-state index in [0.29, 0.717) is 0 Å². The number of ether oxygens (including phenoxy) is 1. The number of hydrogen-bond donors (Lipinski definition) is 1. The van der Waals surface area contributed by atoms with E-state index in [4.69, 9.17) is 9.72 Å². The van der Waals surface area contributed by atoms with Gasteiger partial charge < -0.3 is 10.1 Å². The highest BCUT2D eigenvalue weighted by molar-refractivity contribution is 7.19. The number of morpholine rings is 1. The van der Waals surface area contributed by atoms with Crippen molar-refractivity contribution >= 4 is 16.5 Å². The maximum Gasteiger partial charge on any atom is 0.183 e. The lowest BCUT2D eigenvalue weighted by atomic mass is 10.1. The van der Waals surface area contributed by atoms with Gasteiger partial charge >= 0.3 is 0 Å². The molecule has 0 amide bonds. The van der Waals surface area contributed by atoms with E-state index >= 15 is 0 Å². The molecule has 1 aromatic heterocycles. The Kier molecular flexibility index (Phi) is 5.95. The monoisotopic (exact) mass is 401 g/mol. The maximum atomic E-state index is 13.3. The van der Waals surface area contributed by atoms with Crippen LogP contribution in [-0.4, -0.2) is 49.3 Å². The summed E-state index contributed by atoms with van der Waals surface area (Å²) < 4.78 is 32.0. The smallest absolute Gasteiger partial charge is 0.183 e. The number of halogens is 2. The van der Waals surface area contributed by atoms with Gasteiger partial charge in [-0.3, -0.25) is 4.90 Å². The first-order valence-electron chi connectivity index (χ1n) is 9.26. The lowest BCUT2D eigenvalue weighted by molar-refractivity contribution is 0.0398. The van der Waals surface area contributed by atoms with Gasteiger partial charge in [-0.05, 0) is 42.0 Å². The van der Waals surface area contributed by atoms with E-state index in [1.165, 1.54) is 35.6 Å². The van der Waals surface area contributed by atoms with Crippen LogP contribution in [0.2, 0.25) is 0 Å². The molecule has 146 valence electrons. The van der Waals surface area contributed by atoms with Gasteiger partial charge in [0.25, 0.3) is 0 Å². The average molecular weight is 401 g/mol. The first-order valence-corrected chi connectivity index (χ1v) is 10.1. The second-order valence-electron chi connectivity index (χ2n) is 6.59. The molecule has 2 heterocycles. The zero-order valence-electron chi connectivity index (χ0n) is 15.3. The van der Waals surface area contributed by atoms with Gasteiger partial charge in [-0.15, -0.1) is 0 Å². The molecule has 0 bridgehead atoms. The zero-order chi connectivity index (χ0) is 19.3. The molecule has 1 saturated heterocycles. The van der Waals surface area contributed by atoms with Crippen LogP contribution in [0.25, 0.3) is 21.7 Å². The third-order valence-corrected chi connectivity index (χ3v) is 5.72. The van der Waals surface area contributed by atoms with Crippen LogP contribution in [0.3, 0.4) is 0 Å². The van der Waals surface area contributed by atoms with Crippen molar-refractivity contribution in [2.24, 2.45) is 0 Å². The molecule has 0 atom stereocenters. The van der Waals surface area contributed by atoms with Crippen LogP contribution in [0, 0.1) is 11.6 Å². The molecule has 0 spiro atoms. The number of thiazole rings is 1. The number of nitrogens with one attached hydrogen (secondary N) is 1. The van der Waals surface area contributed by atoms with Crippen molar-refractivity contribution in [1.29, 1.82) is 0 Å². The molecule has 28 heavy (non-hydrogen) atoms. The molecule has 7 heteroatoms. The third-order valence-electron chi connectivity index (χ3n) is 4.66. The quantitative estimate of drug-likeness (QED) is 0.660. The minimum atomic E-state index is -0.286. The van der Waals surface area contributed by atoms with Gasteiger partial charge in [-0.1, -0.05) is 23.5 Å². The van der Waals surface area contributed by atoms with Crippen LogP contribution in [0.5, 0.6) is 0 Å². The summed E-state index contributed by atoms with van der Waals surface area (Å²) in [6, 6.07) is 12.7. The van der Waals surface area contributed by atoms with E-state index in [1.54, 1.807) is 24.3 Å². The van der Waals surface area contributed by atoms with E-state index in [9.17, 15) is 8.78 Å². The van der Waals surface area contributed by atoms with E-state index in [-0.39, 0.29) is 11.6 Å². The van der Waals surface area contributed by atoms with Gasteiger partial charge in [0, 0.05) is 31.7 Å². The SMILES string of the molecule is Fc1ccc(-c2nc(NCCN3CCOCC3)sc2-c2ccc(F)cc2)cc1. The Morgan fingerprint density at radius 2 is 1.54 bits per heavy atom. The summed E-state index contributed by atoms with van der Waals surface area (Å²) in [7, 11) is 0. The van der Waals surface area contributed by atoms with Gasteiger partial charge in [0.15, 0.2) is 5.13 Å². The second kappa shape index (κ2) is 8.77. The van der Waals surface area contributed by atoms with Gasteiger partial charge in [-0.25, -0.2) is 13.8 Å². The molecule has 0 saturated carbocycles. The van der Waals surface area contributed by atoms with Crippen LogP contribution < -0.4 is 5.32 Å². The predicted octanol–water partition coefficient (Wildman–Crippen LogP) is 4.50. The largest absolute Gasteiger partial charge is 0.379 e. The molecule has 0 radical (unpaired) electrons. The summed E-state index contributed by atoms with van der Waals surface area (Å²) in [6.07, 6.45) is 0. The lowest BCUT2D eigenvalue weighted by Crippen LogP contribution is -2.38. The summed E-state index contributed by atoms with van der Waals surface area (Å²) in [6.45, 7) is 5.14. The molecule has 1 aliphatic rings. The summed E-state index contributed by atoms with van der Waals surface area (Å²) in [5.74, 6) is -0.563. The average Bonchev–Trinajstić information content (AvgIpc) is 3.14. The van der Waals surface area contributed by atoms with Crippen LogP contribution in [0.4, 0.5) is 13.9 Å². The highest BCUT2D eigenvalue weighted by atomic mass is 32.1. The third kappa shape index (κ3) is 4.55. The number of hydrogen-bond acceptors (Lipinski definition) is 5. The van der Waals surface area contributed by atoms with Crippen molar-refractivity contribution in [3.05, 3.63) is 60.2 Å². The van der Waals surface area contributed by atoms with Gasteiger partial charge in [0.05, 0.1) is 23.8 Å². The number of anilines is 1. The Labute approximate surface area is 166 Å². The second-order valence-corrected chi connectivity index (χ2v) is 7.59. The molecule has 1 aliphatic heterocycles. The molecule has 2 aromatic carbocycles. The Morgan fingerprint density at radius 1 is 0.929 bits per heavy atom. The molecule has 1 N–H and O–H groups in total. The number of rotatable bonds is 6. The number of aromatic nitrogens is 1. The van der Waals surface area contributed by atoms with Crippen molar-refractivity contribution in [2.45, 2.75) is 0 Å². The van der Waals surface area contributed by atoms with Gasteiger partial charge in [0.2, 0.25) is 0 Å². The first-order chi connectivity index (χ1) is 13.7. The molecule has 1 fully saturated rings. The molecule has 0 unspecified atom stereocenters. The minimum absolute atomic E-state index is 0.277. The topological polar surface area (TPSA) is 37.4 Å². The van der Waals surface area contributed by atoms with Crippen LogP contribution in [0.1, 0.15) is 0 Å². The van der Waals surface area contributed by atoms with Crippen molar-refractivity contribution in [1.82, 2.24) is 9.88 Å². The molecule has 4 nitrogen and oxygen atoms in total. The highest BCUT2D eigenvalue weighted by Gasteiger charge is 2.16. The summed E-state index contributed by atoms with van der Waals surface area (Å²) in [5.41, 5.74) is 2.49. The Bertz CT molecular complexity index is 843. The fourth-order valence-corrected chi connectivity index (χ4v) is 4.16. The maximum absolute atomic E-state index is 13.3. The first kappa shape index (κ1) is 19.0. The van der Waals surface area contributed by atoms with Crippen molar-refractivity contribution in [3.8, 4) is 21.7 Å². The van der Waals surface area contributed by atoms with E-state index < -0.39 is 0 Å². The molecular weight excluding hydrogens is 380 g/mol. The van der Waals surface area contributed by atoms with Crippen molar-refractivity contribution in [2.75, 3.05) is 44.7 Å². The molecule has 3 aromatic rings. The van der Waals surface area contributed by atoms with Crippen LogP contribution in [-0.2, 0) is 4.74 Å². The van der Waals surface area contributed by atoms with Crippen LogP contribution in [0.15, 0.2) is 48.5 Å². The molecular formula is C21H21F2N3OS. The normalized spacial score (nSPS) is 14.9. The van der Waals surface area contributed by atoms with Crippen molar-refractivity contribution in [3.63, 3.8) is 0 Å². The summed E-state index contributed by atoms with van der Waals surface area (Å²) in [5, 5.41) is 4.19. The van der Waals surface area contributed by atoms with Crippen molar-refractivity contribution < 1.29 is 13.5 Å². The Balaban J connectivity index is 1.56. The van der Waals surface area contributed by atoms with E-state index in [1.807, 2.05) is 0 Å². The Hall–Kier alpha value is -2.35. The predicted molar refractivity (Wildman–Crippen MR) is 109 cm³/mol. The Morgan fingerprint density at radius 3 is 2.18 bits per heavy atom. The van der Waals surface area contributed by atoms with Gasteiger partial charge in [0.1, 0.15) is 11.6 Å². The number of nitrogens with zero attached hydrogens (tertiary/aromatic N) is 2. The standard InChI is InChI=1S/C21H21F2N3OS/c22-17-5-1-15(2-6-17)19-20(16-3-7-18(23)8-4-16)28-21(25-19)24-9-10-26-11-13-27-14-12-26/h1-8H,9-14H2,(H,24,25). The summed E-state index contributed by atoms with van der Waals surface area (Å²) in [4.78, 5) is 8.02. The van der Waals surface area contributed by atoms with Gasteiger partial charge in [-0.2, -0.15) is 0 Å². The highest BCUT2D eigenvalue weighted by Crippen LogP contribution is 2.39. The fraction of sp³-hybridized carbons (Fsp3) is 0.286. The number of benzene rings is 2. The molecule has 4 rings (SSSR count). The molecule has 0 aliphatic carbocycles. The lowest BCUT2D eigenvalue weighted by Gasteiger charge is -2.26. The fourth-order valence-electron chi connectivity index (χ4n) is 3.14. The summed E-state index contributed by atoms with van der Waals surface area (Å²) >= 11 is 1.52. The van der Waals surface area contributed by atoms with E-state index in [0.717, 1.165) is 66.2 Å².